The Labute approximate surface area is 157 Å². The SMILES string of the molecule is Clc1nc(Cl)nc(Cl)n1.O=C(c1ccccc1)c1ccc(O)cc1O. The van der Waals surface area contributed by atoms with E-state index in [0.29, 0.717) is 5.56 Å². The van der Waals surface area contributed by atoms with Gasteiger partial charge in [0.25, 0.3) is 0 Å². The van der Waals surface area contributed by atoms with Crippen LogP contribution in [0.4, 0.5) is 0 Å². The highest BCUT2D eigenvalue weighted by Gasteiger charge is 2.13. The van der Waals surface area contributed by atoms with Gasteiger partial charge in [-0.3, -0.25) is 4.79 Å². The number of benzene rings is 2. The van der Waals surface area contributed by atoms with E-state index in [1.807, 2.05) is 6.07 Å². The third-order valence-corrected chi connectivity index (χ3v) is 3.32. The lowest BCUT2D eigenvalue weighted by molar-refractivity contribution is 0.103. The summed E-state index contributed by atoms with van der Waals surface area (Å²) in [6.45, 7) is 0. The molecular formula is C16H10Cl3N3O3. The largest absolute Gasteiger partial charge is 0.508 e. The summed E-state index contributed by atoms with van der Waals surface area (Å²) in [5, 5.41) is 18.7. The van der Waals surface area contributed by atoms with Crippen LogP contribution in [0.3, 0.4) is 0 Å². The van der Waals surface area contributed by atoms with Gasteiger partial charge in [0.15, 0.2) is 5.78 Å². The fourth-order valence-corrected chi connectivity index (χ4v) is 2.37. The van der Waals surface area contributed by atoms with Crippen molar-refractivity contribution < 1.29 is 15.0 Å². The van der Waals surface area contributed by atoms with Gasteiger partial charge in [0.1, 0.15) is 11.5 Å². The lowest BCUT2D eigenvalue weighted by Crippen LogP contribution is -2.00. The summed E-state index contributed by atoms with van der Waals surface area (Å²) in [6, 6.07) is 12.6. The molecule has 0 spiro atoms. The van der Waals surface area contributed by atoms with Crippen LogP contribution in [0.2, 0.25) is 15.9 Å². The molecule has 2 N–H and O–H groups in total. The molecular weight excluding hydrogens is 389 g/mol. The number of ketones is 1. The van der Waals surface area contributed by atoms with E-state index in [1.54, 1.807) is 24.3 Å². The number of phenolic OH excluding ortho intramolecular Hbond substituents is 2. The van der Waals surface area contributed by atoms with Crippen LogP contribution in [0.5, 0.6) is 11.5 Å². The zero-order valence-electron chi connectivity index (χ0n) is 12.4. The van der Waals surface area contributed by atoms with Crippen molar-refractivity contribution in [2.75, 3.05) is 0 Å². The maximum atomic E-state index is 11.9. The number of carbonyl (C=O) groups excluding carboxylic acids is 1. The molecule has 0 saturated carbocycles. The molecule has 0 unspecified atom stereocenters. The number of aromatic hydroxyl groups is 2. The van der Waals surface area contributed by atoms with Gasteiger partial charge in [0.05, 0.1) is 5.56 Å². The average molecular weight is 399 g/mol. The Morgan fingerprint density at radius 1 is 0.800 bits per heavy atom. The van der Waals surface area contributed by atoms with Crippen molar-refractivity contribution in [3.63, 3.8) is 0 Å². The van der Waals surface area contributed by atoms with E-state index in [1.165, 1.54) is 12.1 Å². The quantitative estimate of drug-likeness (QED) is 0.629. The molecule has 1 heterocycles. The Kier molecular flexibility index (Phi) is 6.52. The molecule has 128 valence electrons. The summed E-state index contributed by atoms with van der Waals surface area (Å²) in [5.74, 6) is -0.547. The van der Waals surface area contributed by atoms with Gasteiger partial charge >= 0.3 is 0 Å². The number of carbonyl (C=O) groups is 1. The van der Waals surface area contributed by atoms with Crippen LogP contribution in [0.1, 0.15) is 15.9 Å². The maximum absolute atomic E-state index is 11.9. The zero-order valence-corrected chi connectivity index (χ0v) is 14.7. The van der Waals surface area contributed by atoms with Gasteiger partial charge < -0.3 is 10.2 Å². The number of nitrogens with zero attached hydrogens (tertiary/aromatic N) is 3. The lowest BCUT2D eigenvalue weighted by Gasteiger charge is -2.04. The summed E-state index contributed by atoms with van der Waals surface area (Å²) in [7, 11) is 0. The van der Waals surface area contributed by atoms with Crippen molar-refractivity contribution in [2.45, 2.75) is 0 Å². The van der Waals surface area contributed by atoms with Crippen molar-refractivity contribution in [1.82, 2.24) is 15.0 Å². The smallest absolute Gasteiger partial charge is 0.227 e. The summed E-state index contributed by atoms with van der Waals surface area (Å²) in [4.78, 5) is 22.3. The Bertz CT molecular complexity index is 842. The van der Waals surface area contributed by atoms with Crippen LogP contribution in [-0.2, 0) is 0 Å². The highest BCUT2D eigenvalue weighted by atomic mass is 35.5. The number of rotatable bonds is 2. The molecule has 0 amide bonds. The highest BCUT2D eigenvalue weighted by Crippen LogP contribution is 2.24. The van der Waals surface area contributed by atoms with E-state index in [4.69, 9.17) is 39.9 Å². The average Bonchev–Trinajstić information content (AvgIpc) is 2.54. The number of hydrogen-bond donors (Lipinski definition) is 2. The summed E-state index contributed by atoms with van der Waals surface area (Å²) < 4.78 is 0. The van der Waals surface area contributed by atoms with E-state index < -0.39 is 0 Å². The van der Waals surface area contributed by atoms with Gasteiger partial charge in [-0.15, -0.1) is 0 Å². The molecule has 0 fully saturated rings. The van der Waals surface area contributed by atoms with Crippen LogP contribution in [0, 0.1) is 0 Å². The van der Waals surface area contributed by atoms with E-state index in [2.05, 4.69) is 15.0 Å². The second-order valence-electron chi connectivity index (χ2n) is 4.54. The molecule has 2 aromatic carbocycles. The standard InChI is InChI=1S/C13H10O3.C3Cl3N3/c14-10-6-7-11(12(15)8-10)13(16)9-4-2-1-3-5-9;4-1-7-2(5)9-3(6)8-1/h1-8,14-15H;. The Hall–Kier alpha value is -2.41. The molecule has 0 saturated heterocycles. The van der Waals surface area contributed by atoms with Crippen molar-refractivity contribution in [2.24, 2.45) is 0 Å². The van der Waals surface area contributed by atoms with Crippen LogP contribution >= 0.6 is 34.8 Å². The van der Waals surface area contributed by atoms with E-state index in [9.17, 15) is 9.90 Å². The molecule has 0 aliphatic rings. The van der Waals surface area contributed by atoms with Crippen LogP contribution < -0.4 is 0 Å². The molecule has 0 aliphatic heterocycles. The summed E-state index contributed by atoms with van der Waals surface area (Å²) >= 11 is 16.0. The van der Waals surface area contributed by atoms with Crippen molar-refractivity contribution in [3.05, 3.63) is 75.5 Å². The number of phenols is 2. The monoisotopic (exact) mass is 397 g/mol. The van der Waals surface area contributed by atoms with Gasteiger partial charge in [-0.1, -0.05) is 30.3 Å². The van der Waals surface area contributed by atoms with Crippen LogP contribution in [-0.4, -0.2) is 30.9 Å². The first-order valence-electron chi connectivity index (χ1n) is 6.71. The fraction of sp³-hybridized carbons (Fsp3) is 0. The minimum atomic E-state index is -0.266. The molecule has 0 bridgehead atoms. The molecule has 25 heavy (non-hydrogen) atoms. The molecule has 6 nitrogen and oxygen atoms in total. The Morgan fingerprint density at radius 2 is 1.32 bits per heavy atom. The minimum Gasteiger partial charge on any atom is -0.508 e. The van der Waals surface area contributed by atoms with Gasteiger partial charge in [-0.25, -0.2) is 0 Å². The minimum absolute atomic E-state index is 0.000000000000000444. The first kappa shape index (κ1) is 18.9. The molecule has 0 radical (unpaired) electrons. The predicted molar refractivity (Wildman–Crippen MR) is 94.5 cm³/mol. The maximum Gasteiger partial charge on any atom is 0.227 e. The van der Waals surface area contributed by atoms with E-state index >= 15 is 0 Å². The summed E-state index contributed by atoms with van der Waals surface area (Å²) in [5.41, 5.74) is 0.687. The molecule has 3 rings (SSSR count). The first-order valence-corrected chi connectivity index (χ1v) is 7.84. The summed E-state index contributed by atoms with van der Waals surface area (Å²) in [6.07, 6.45) is 0. The molecule has 0 atom stereocenters. The number of aromatic nitrogens is 3. The van der Waals surface area contributed by atoms with Gasteiger partial charge in [0, 0.05) is 11.6 Å². The predicted octanol–water partition coefficient (Wildman–Crippen LogP) is 4.16. The van der Waals surface area contributed by atoms with E-state index in [-0.39, 0.29) is 38.7 Å². The van der Waals surface area contributed by atoms with Crippen LogP contribution in [0.15, 0.2) is 48.5 Å². The first-order chi connectivity index (χ1) is 11.9. The molecule has 0 aliphatic carbocycles. The topological polar surface area (TPSA) is 96.2 Å². The molecule has 9 heteroatoms. The second kappa shape index (κ2) is 8.62. The molecule has 3 aromatic rings. The van der Waals surface area contributed by atoms with Crippen molar-refractivity contribution in [1.29, 1.82) is 0 Å². The van der Waals surface area contributed by atoms with Crippen LogP contribution in [0.25, 0.3) is 0 Å². The third kappa shape index (κ3) is 5.56. The Balaban J connectivity index is 0.000000212. The molecule has 1 aromatic heterocycles. The normalized spacial score (nSPS) is 9.88. The second-order valence-corrected chi connectivity index (χ2v) is 5.55. The zero-order chi connectivity index (χ0) is 18.4. The van der Waals surface area contributed by atoms with E-state index in [0.717, 1.165) is 6.07 Å². The van der Waals surface area contributed by atoms with Gasteiger partial charge in [-0.05, 0) is 46.9 Å². The lowest BCUT2D eigenvalue weighted by atomic mass is 10.0. The number of halogens is 3. The van der Waals surface area contributed by atoms with Crippen molar-refractivity contribution in [3.8, 4) is 11.5 Å². The van der Waals surface area contributed by atoms with Gasteiger partial charge in [-0.2, -0.15) is 15.0 Å². The van der Waals surface area contributed by atoms with Gasteiger partial charge in [0.2, 0.25) is 15.9 Å². The Morgan fingerprint density at radius 3 is 1.80 bits per heavy atom. The number of hydrogen-bond acceptors (Lipinski definition) is 6. The highest BCUT2D eigenvalue weighted by molar-refractivity contribution is 6.33. The van der Waals surface area contributed by atoms with Crippen molar-refractivity contribution >= 4 is 40.6 Å². The third-order valence-electron chi connectivity index (χ3n) is 2.82. The fourth-order valence-electron chi connectivity index (χ4n) is 1.76.